The number of halogens is 2. The van der Waals surface area contributed by atoms with Crippen LogP contribution in [0.1, 0.15) is 16.8 Å². The Hall–Kier alpha value is -0.120. The highest BCUT2D eigenvalue weighted by Gasteiger charge is 2.06. The molecule has 0 amide bonds. The average molecular weight is 268 g/mol. The smallest absolute Gasteiger partial charge is 0.139 e. The normalized spacial score (nSPS) is 9.80. The van der Waals surface area contributed by atoms with E-state index in [1.54, 1.807) is 18.7 Å². The van der Waals surface area contributed by atoms with Crippen LogP contribution in [-0.4, -0.2) is 21.7 Å². The summed E-state index contributed by atoms with van der Waals surface area (Å²) in [4.78, 5) is 4.12. The highest BCUT2D eigenvalue weighted by atomic mass is 35.5. The molecule has 1 rings (SSSR count). The molecule has 15 heavy (non-hydrogen) atoms. The molecule has 5 heteroatoms. The summed E-state index contributed by atoms with van der Waals surface area (Å²) in [5.74, 6) is 2.76. The maximum Gasteiger partial charge on any atom is 0.139 e. The molecule has 0 aliphatic carbocycles. The molecule has 0 bridgehead atoms. The highest BCUT2D eigenvalue weighted by molar-refractivity contribution is 7.98. The monoisotopic (exact) mass is 267 g/mol. The van der Waals surface area contributed by atoms with E-state index in [0.717, 1.165) is 22.6 Å². The van der Waals surface area contributed by atoms with Crippen molar-refractivity contribution in [2.75, 3.05) is 11.6 Å². The van der Waals surface area contributed by atoms with E-state index in [9.17, 15) is 5.11 Å². The van der Waals surface area contributed by atoms with E-state index in [-0.39, 0.29) is 12.4 Å². The van der Waals surface area contributed by atoms with Crippen molar-refractivity contribution in [1.29, 1.82) is 0 Å². The number of pyridine rings is 1. The summed E-state index contributed by atoms with van der Waals surface area (Å²) in [6.07, 6.45) is 1.83. The molecule has 86 valence electrons. The van der Waals surface area contributed by atoms with Crippen molar-refractivity contribution in [2.45, 2.75) is 19.6 Å². The first kappa shape index (κ1) is 14.9. The summed E-state index contributed by atoms with van der Waals surface area (Å²) in [5.41, 5.74) is 2.70. The quantitative estimate of drug-likeness (QED) is 0.672. The number of alkyl halides is 1. The van der Waals surface area contributed by atoms with Crippen LogP contribution < -0.4 is 0 Å². The fourth-order valence-electron chi connectivity index (χ4n) is 1.14. The maximum atomic E-state index is 9.65. The van der Waals surface area contributed by atoms with Gasteiger partial charge < -0.3 is 5.11 Å². The summed E-state index contributed by atoms with van der Waals surface area (Å²) < 4.78 is 0. The van der Waals surface area contributed by atoms with Crippen LogP contribution in [-0.2, 0) is 5.75 Å². The zero-order valence-electron chi connectivity index (χ0n) is 8.79. The molecule has 1 heterocycles. The average Bonchev–Trinajstić information content (AvgIpc) is 2.18. The van der Waals surface area contributed by atoms with Gasteiger partial charge in [0.1, 0.15) is 5.75 Å². The number of aromatic hydroxyl groups is 1. The number of hydrogen-bond donors (Lipinski definition) is 1. The van der Waals surface area contributed by atoms with Crippen LogP contribution >= 0.6 is 35.8 Å². The molecular formula is C10H15Cl2NOS. The van der Waals surface area contributed by atoms with Crippen molar-refractivity contribution < 1.29 is 5.11 Å². The van der Waals surface area contributed by atoms with Crippen molar-refractivity contribution in [2.24, 2.45) is 0 Å². The third kappa shape index (κ3) is 4.09. The van der Waals surface area contributed by atoms with Gasteiger partial charge in [0.05, 0.1) is 5.69 Å². The second-order valence-corrected chi connectivity index (χ2v) is 4.57. The lowest BCUT2D eigenvalue weighted by Gasteiger charge is -2.08. The fraction of sp³-hybridized carbons (Fsp3) is 0.500. The van der Waals surface area contributed by atoms with Crippen molar-refractivity contribution in [3.8, 4) is 5.75 Å². The Morgan fingerprint density at radius 1 is 1.47 bits per heavy atom. The van der Waals surface area contributed by atoms with Crippen LogP contribution in [0.25, 0.3) is 0 Å². The number of rotatable bonds is 4. The Bertz CT molecular complexity index is 321. The van der Waals surface area contributed by atoms with Crippen LogP contribution in [0.5, 0.6) is 5.75 Å². The number of aromatic nitrogens is 1. The van der Waals surface area contributed by atoms with Crippen molar-refractivity contribution in [3.05, 3.63) is 23.0 Å². The molecule has 1 aromatic rings. The van der Waals surface area contributed by atoms with E-state index < -0.39 is 0 Å². The molecule has 0 spiro atoms. The Balaban J connectivity index is 0.00000196. The summed E-state index contributed by atoms with van der Waals surface area (Å²) in [6, 6.07) is 0. The van der Waals surface area contributed by atoms with Gasteiger partial charge in [0.15, 0.2) is 0 Å². The first-order valence-electron chi connectivity index (χ1n) is 4.44. The zero-order chi connectivity index (χ0) is 10.6. The molecule has 0 radical (unpaired) electrons. The molecule has 0 aliphatic rings. The van der Waals surface area contributed by atoms with Gasteiger partial charge >= 0.3 is 0 Å². The Morgan fingerprint density at radius 2 is 2.13 bits per heavy atom. The predicted molar refractivity (Wildman–Crippen MR) is 69.5 cm³/mol. The Kier molecular flexibility index (Phi) is 7.14. The van der Waals surface area contributed by atoms with Gasteiger partial charge in [-0.3, -0.25) is 4.98 Å². The minimum Gasteiger partial charge on any atom is -0.506 e. The number of thioether (sulfide) groups is 1. The predicted octanol–water partition coefficient (Wildman–Crippen LogP) is 3.30. The Labute approximate surface area is 106 Å². The summed E-state index contributed by atoms with van der Waals surface area (Å²) in [7, 11) is 0. The van der Waals surface area contributed by atoms with Gasteiger partial charge in [-0.2, -0.15) is 11.8 Å². The van der Waals surface area contributed by atoms with E-state index in [1.807, 2.05) is 13.1 Å². The third-order valence-electron chi connectivity index (χ3n) is 2.07. The summed E-state index contributed by atoms with van der Waals surface area (Å²) >= 11 is 7.33. The van der Waals surface area contributed by atoms with Crippen LogP contribution in [0.4, 0.5) is 0 Å². The van der Waals surface area contributed by atoms with Gasteiger partial charge in [-0.25, -0.2) is 0 Å². The summed E-state index contributed by atoms with van der Waals surface area (Å²) in [5, 5.41) is 9.65. The van der Waals surface area contributed by atoms with Gasteiger partial charge in [-0.15, -0.1) is 24.0 Å². The van der Waals surface area contributed by atoms with E-state index in [1.165, 1.54) is 0 Å². The van der Waals surface area contributed by atoms with Crippen LogP contribution in [0, 0.1) is 13.8 Å². The molecule has 2 nitrogen and oxygen atoms in total. The molecule has 0 fully saturated rings. The van der Waals surface area contributed by atoms with Crippen molar-refractivity contribution in [3.63, 3.8) is 0 Å². The van der Waals surface area contributed by atoms with Gasteiger partial charge in [0.25, 0.3) is 0 Å². The topological polar surface area (TPSA) is 33.1 Å². The molecule has 1 N–H and O–H groups in total. The molecule has 1 aromatic heterocycles. The second kappa shape index (κ2) is 7.20. The summed E-state index contributed by atoms with van der Waals surface area (Å²) in [6.45, 7) is 3.72. The number of aryl methyl sites for hydroxylation is 1. The van der Waals surface area contributed by atoms with Crippen LogP contribution in [0.3, 0.4) is 0 Å². The fourth-order valence-corrected chi connectivity index (χ4v) is 2.23. The largest absolute Gasteiger partial charge is 0.506 e. The maximum absolute atomic E-state index is 9.65. The molecular weight excluding hydrogens is 253 g/mol. The van der Waals surface area contributed by atoms with Crippen LogP contribution in [0.2, 0.25) is 0 Å². The van der Waals surface area contributed by atoms with Crippen molar-refractivity contribution >= 4 is 35.8 Å². The van der Waals surface area contributed by atoms with E-state index >= 15 is 0 Å². The first-order valence-corrected chi connectivity index (χ1v) is 6.13. The first-order chi connectivity index (χ1) is 6.66. The van der Waals surface area contributed by atoms with Gasteiger partial charge in [0, 0.05) is 23.6 Å². The van der Waals surface area contributed by atoms with Gasteiger partial charge in [0.2, 0.25) is 0 Å². The lowest BCUT2D eigenvalue weighted by atomic mass is 10.1. The zero-order valence-corrected chi connectivity index (χ0v) is 11.2. The molecule has 0 saturated heterocycles. The Morgan fingerprint density at radius 3 is 2.73 bits per heavy atom. The molecule has 0 unspecified atom stereocenters. The van der Waals surface area contributed by atoms with E-state index in [4.69, 9.17) is 11.6 Å². The minimum atomic E-state index is 0. The highest BCUT2D eigenvalue weighted by Crippen LogP contribution is 2.25. The van der Waals surface area contributed by atoms with E-state index in [2.05, 4.69) is 4.98 Å². The van der Waals surface area contributed by atoms with E-state index in [0.29, 0.717) is 17.3 Å². The third-order valence-corrected chi connectivity index (χ3v) is 3.49. The minimum absolute atomic E-state index is 0. The lowest BCUT2D eigenvalue weighted by Crippen LogP contribution is -1.93. The standard InChI is InChI=1S/C10H14ClNOS.ClH/c1-7-9(6-14-4-3-11)5-12-8(2)10(7)13;/h5,13H,3-4,6H2,1-2H3;1H. The SMILES string of the molecule is Cc1ncc(CSCCCl)c(C)c1O.Cl. The lowest BCUT2D eigenvalue weighted by molar-refractivity contribution is 0.462. The van der Waals surface area contributed by atoms with Crippen LogP contribution in [0.15, 0.2) is 6.20 Å². The number of hydrogen-bond acceptors (Lipinski definition) is 3. The molecule has 0 aromatic carbocycles. The second-order valence-electron chi connectivity index (χ2n) is 3.08. The molecule has 0 atom stereocenters. The van der Waals surface area contributed by atoms with Gasteiger partial charge in [-0.05, 0) is 25.0 Å². The van der Waals surface area contributed by atoms with Crippen molar-refractivity contribution in [1.82, 2.24) is 4.98 Å². The number of nitrogens with zero attached hydrogens (tertiary/aromatic N) is 1. The van der Waals surface area contributed by atoms with Gasteiger partial charge in [-0.1, -0.05) is 0 Å². The molecule has 0 saturated carbocycles. The molecule has 0 aliphatic heterocycles.